The summed E-state index contributed by atoms with van der Waals surface area (Å²) in [6.07, 6.45) is 3.54. The van der Waals surface area contributed by atoms with E-state index in [1.165, 1.54) is 0 Å². The van der Waals surface area contributed by atoms with Gasteiger partial charge < -0.3 is 10.6 Å². The van der Waals surface area contributed by atoms with E-state index in [0.717, 1.165) is 35.3 Å². The van der Waals surface area contributed by atoms with Gasteiger partial charge in [-0.25, -0.2) is 4.79 Å². The van der Waals surface area contributed by atoms with Gasteiger partial charge in [-0.3, -0.25) is 14.5 Å². The summed E-state index contributed by atoms with van der Waals surface area (Å²) in [7, 11) is 0. The zero-order chi connectivity index (χ0) is 18.2. The molecule has 1 aromatic carbocycles. The smallest absolute Gasteiger partial charge is 0.325 e. The van der Waals surface area contributed by atoms with Crippen molar-refractivity contribution < 1.29 is 14.4 Å². The molecule has 2 fully saturated rings. The van der Waals surface area contributed by atoms with Crippen LogP contribution < -0.4 is 10.6 Å². The van der Waals surface area contributed by atoms with Crippen molar-refractivity contribution in [1.29, 1.82) is 0 Å². The molecule has 1 heterocycles. The highest BCUT2D eigenvalue weighted by Gasteiger charge is 2.55. The maximum atomic E-state index is 12.9. The average Bonchev–Trinajstić information content (AvgIpc) is 2.79. The van der Waals surface area contributed by atoms with Crippen LogP contribution in [0.4, 0.5) is 10.5 Å². The highest BCUT2D eigenvalue weighted by Crippen LogP contribution is 2.38. The van der Waals surface area contributed by atoms with Crippen LogP contribution in [0, 0.1) is 19.8 Å². The Balaban J connectivity index is 1.69. The first kappa shape index (κ1) is 17.5. The van der Waals surface area contributed by atoms with Crippen molar-refractivity contribution in [2.24, 2.45) is 5.92 Å². The van der Waals surface area contributed by atoms with Gasteiger partial charge >= 0.3 is 6.03 Å². The standard InChI is InChI=1S/C19H25N3O3/c1-12-7-8-15(10-13(12)2)20-16(23)11-22-17(24)19(21-18(22)25)9-5-4-6-14(19)3/h7-8,10,14H,4-6,9,11H2,1-3H3,(H,20,23)(H,21,25)/t14-,19-/m1/s1. The fraction of sp³-hybridized carbons (Fsp3) is 0.526. The molecule has 134 valence electrons. The van der Waals surface area contributed by atoms with Crippen LogP contribution in [0.2, 0.25) is 0 Å². The van der Waals surface area contributed by atoms with Gasteiger partial charge in [-0.2, -0.15) is 0 Å². The van der Waals surface area contributed by atoms with Gasteiger partial charge in [-0.15, -0.1) is 0 Å². The van der Waals surface area contributed by atoms with Crippen molar-refractivity contribution in [3.63, 3.8) is 0 Å². The third kappa shape index (κ3) is 3.13. The predicted molar refractivity (Wildman–Crippen MR) is 95.2 cm³/mol. The minimum absolute atomic E-state index is 0.0884. The van der Waals surface area contributed by atoms with Gasteiger partial charge in [-0.05, 0) is 55.9 Å². The van der Waals surface area contributed by atoms with E-state index in [1.807, 2.05) is 39.0 Å². The number of nitrogens with one attached hydrogen (secondary N) is 2. The Kier molecular flexibility index (Phi) is 4.54. The van der Waals surface area contributed by atoms with Gasteiger partial charge in [0.15, 0.2) is 0 Å². The van der Waals surface area contributed by atoms with E-state index in [2.05, 4.69) is 10.6 Å². The summed E-state index contributed by atoms with van der Waals surface area (Å²) >= 11 is 0. The fourth-order valence-electron chi connectivity index (χ4n) is 3.80. The summed E-state index contributed by atoms with van der Waals surface area (Å²) < 4.78 is 0. The number of carbonyl (C=O) groups excluding carboxylic acids is 3. The molecule has 6 heteroatoms. The monoisotopic (exact) mass is 343 g/mol. The highest BCUT2D eigenvalue weighted by molar-refractivity contribution is 6.10. The van der Waals surface area contributed by atoms with E-state index in [-0.39, 0.29) is 24.3 Å². The molecular weight excluding hydrogens is 318 g/mol. The summed E-state index contributed by atoms with van der Waals surface area (Å²) in [6, 6.07) is 5.16. The normalized spacial score (nSPS) is 26.0. The third-order valence-electron chi connectivity index (χ3n) is 5.59. The van der Waals surface area contributed by atoms with Gasteiger partial charge in [0, 0.05) is 5.69 Å². The summed E-state index contributed by atoms with van der Waals surface area (Å²) in [5.41, 5.74) is 2.06. The van der Waals surface area contributed by atoms with E-state index in [1.54, 1.807) is 0 Å². The topological polar surface area (TPSA) is 78.5 Å². The number of imide groups is 1. The molecule has 1 saturated heterocycles. The lowest BCUT2D eigenvalue weighted by atomic mass is 9.73. The molecule has 6 nitrogen and oxygen atoms in total. The number of anilines is 1. The summed E-state index contributed by atoms with van der Waals surface area (Å²) in [5, 5.41) is 5.63. The maximum absolute atomic E-state index is 12.9. The Labute approximate surface area is 148 Å². The van der Waals surface area contributed by atoms with Crippen LogP contribution in [0.5, 0.6) is 0 Å². The fourth-order valence-corrected chi connectivity index (χ4v) is 3.80. The molecule has 1 spiro atoms. The zero-order valence-corrected chi connectivity index (χ0v) is 15.0. The van der Waals surface area contributed by atoms with Crippen molar-refractivity contribution in [2.45, 2.75) is 52.0 Å². The Morgan fingerprint density at radius 3 is 2.72 bits per heavy atom. The van der Waals surface area contributed by atoms with Crippen molar-refractivity contribution in [1.82, 2.24) is 10.2 Å². The first-order valence-corrected chi connectivity index (χ1v) is 8.85. The molecule has 1 aliphatic carbocycles. The number of aryl methyl sites for hydroxylation is 2. The van der Waals surface area contributed by atoms with Gasteiger partial charge in [-0.1, -0.05) is 25.8 Å². The van der Waals surface area contributed by atoms with Crippen LogP contribution in [-0.2, 0) is 9.59 Å². The predicted octanol–water partition coefficient (Wildman–Crippen LogP) is 2.74. The van der Waals surface area contributed by atoms with Gasteiger partial charge in [0.25, 0.3) is 5.91 Å². The minimum atomic E-state index is -0.823. The van der Waals surface area contributed by atoms with Crippen molar-refractivity contribution in [3.8, 4) is 0 Å². The molecule has 25 heavy (non-hydrogen) atoms. The number of hydrogen-bond acceptors (Lipinski definition) is 3. The van der Waals surface area contributed by atoms with E-state index < -0.39 is 11.6 Å². The lowest BCUT2D eigenvalue weighted by Crippen LogP contribution is -2.54. The van der Waals surface area contributed by atoms with E-state index >= 15 is 0 Å². The summed E-state index contributed by atoms with van der Waals surface area (Å²) in [5.74, 6) is -0.544. The second-order valence-electron chi connectivity index (χ2n) is 7.29. The third-order valence-corrected chi connectivity index (χ3v) is 5.59. The number of nitrogens with zero attached hydrogens (tertiary/aromatic N) is 1. The molecule has 1 aromatic rings. The SMILES string of the molecule is Cc1ccc(NC(=O)CN2C(=O)N[C@@]3(CCCC[C@H]3C)C2=O)cc1C. The Morgan fingerprint density at radius 2 is 2.04 bits per heavy atom. The first-order valence-electron chi connectivity index (χ1n) is 8.85. The molecule has 0 radical (unpaired) electrons. The second kappa shape index (κ2) is 6.50. The van der Waals surface area contributed by atoms with Crippen LogP contribution in [0.1, 0.15) is 43.7 Å². The molecule has 1 saturated carbocycles. The number of hydrogen-bond donors (Lipinski definition) is 2. The van der Waals surface area contributed by atoms with Crippen LogP contribution >= 0.6 is 0 Å². The molecule has 0 aromatic heterocycles. The Hall–Kier alpha value is -2.37. The number of benzene rings is 1. The van der Waals surface area contributed by atoms with Gasteiger partial charge in [0.1, 0.15) is 12.1 Å². The zero-order valence-electron chi connectivity index (χ0n) is 15.0. The van der Waals surface area contributed by atoms with Crippen molar-refractivity contribution in [2.75, 3.05) is 11.9 Å². The largest absolute Gasteiger partial charge is 0.325 e. The molecule has 2 aliphatic rings. The molecule has 1 aliphatic heterocycles. The molecule has 0 unspecified atom stereocenters. The minimum Gasteiger partial charge on any atom is -0.325 e. The molecule has 2 atom stereocenters. The number of urea groups is 1. The van der Waals surface area contributed by atoms with E-state index in [4.69, 9.17) is 0 Å². The van der Waals surface area contributed by atoms with Crippen molar-refractivity contribution >= 4 is 23.5 Å². The van der Waals surface area contributed by atoms with E-state index in [0.29, 0.717) is 12.1 Å². The lowest BCUT2D eigenvalue weighted by Gasteiger charge is -2.36. The Morgan fingerprint density at radius 1 is 1.28 bits per heavy atom. The highest BCUT2D eigenvalue weighted by atomic mass is 16.2. The number of rotatable bonds is 3. The van der Waals surface area contributed by atoms with Crippen LogP contribution in [0.3, 0.4) is 0 Å². The summed E-state index contributed by atoms with van der Waals surface area (Å²) in [4.78, 5) is 38.5. The van der Waals surface area contributed by atoms with Crippen LogP contribution in [0.15, 0.2) is 18.2 Å². The molecule has 0 bridgehead atoms. The van der Waals surface area contributed by atoms with Gasteiger partial charge in [0.2, 0.25) is 5.91 Å². The molecule has 3 rings (SSSR count). The van der Waals surface area contributed by atoms with Crippen molar-refractivity contribution in [3.05, 3.63) is 29.3 Å². The van der Waals surface area contributed by atoms with E-state index in [9.17, 15) is 14.4 Å². The number of carbonyl (C=O) groups is 3. The maximum Gasteiger partial charge on any atom is 0.325 e. The quantitative estimate of drug-likeness (QED) is 0.828. The molecular formula is C19H25N3O3. The lowest BCUT2D eigenvalue weighted by molar-refractivity contribution is -0.136. The average molecular weight is 343 g/mol. The van der Waals surface area contributed by atoms with Crippen LogP contribution in [0.25, 0.3) is 0 Å². The Bertz CT molecular complexity index is 731. The number of amides is 4. The second-order valence-corrected chi connectivity index (χ2v) is 7.29. The van der Waals surface area contributed by atoms with Crippen LogP contribution in [-0.4, -0.2) is 34.8 Å². The first-order chi connectivity index (χ1) is 11.8. The summed E-state index contributed by atoms with van der Waals surface area (Å²) in [6.45, 7) is 5.71. The molecule has 2 N–H and O–H groups in total. The van der Waals surface area contributed by atoms with Gasteiger partial charge in [0.05, 0.1) is 0 Å². The molecule has 4 amide bonds.